The Hall–Kier alpha value is -1.30. The summed E-state index contributed by atoms with van der Waals surface area (Å²) in [5.41, 5.74) is -0.0344. The zero-order valence-corrected chi connectivity index (χ0v) is 16.1. The van der Waals surface area contributed by atoms with E-state index in [-0.39, 0.29) is 28.7 Å². The Labute approximate surface area is 155 Å². The number of hydrogen-bond donors (Lipinski definition) is 0. The summed E-state index contributed by atoms with van der Waals surface area (Å²) in [6.07, 6.45) is 5.54. The van der Waals surface area contributed by atoms with Gasteiger partial charge in [-0.15, -0.1) is 0 Å². The van der Waals surface area contributed by atoms with Gasteiger partial charge in [-0.25, -0.2) is 8.42 Å². The fourth-order valence-electron chi connectivity index (χ4n) is 4.73. The molecule has 1 saturated heterocycles. The van der Waals surface area contributed by atoms with Gasteiger partial charge in [-0.2, -0.15) is 0 Å². The maximum Gasteiger partial charge on any atom is 0.226 e. The van der Waals surface area contributed by atoms with Crippen molar-refractivity contribution in [2.45, 2.75) is 64.0 Å². The number of nitrogens with zero attached hydrogens (tertiary/aromatic N) is 1. The van der Waals surface area contributed by atoms with Crippen LogP contribution in [0.1, 0.15) is 62.9 Å². The number of carbonyl (C=O) groups is 1. The molecule has 0 N–H and O–H groups in total. The summed E-state index contributed by atoms with van der Waals surface area (Å²) in [5.74, 6) is 3.98. The summed E-state index contributed by atoms with van der Waals surface area (Å²) in [7, 11) is -2.88. The molecule has 1 aromatic rings. The van der Waals surface area contributed by atoms with E-state index in [1.807, 2.05) is 11.0 Å². The van der Waals surface area contributed by atoms with Crippen LogP contribution in [0.25, 0.3) is 0 Å². The molecule has 26 heavy (non-hydrogen) atoms. The predicted molar refractivity (Wildman–Crippen MR) is 97.2 cm³/mol. The maximum atomic E-state index is 13.2. The molecule has 3 aliphatic carbocycles. The fraction of sp³-hybridized carbons (Fsp3) is 0.750. The molecule has 2 heterocycles. The number of sulfone groups is 1. The lowest BCUT2D eigenvalue weighted by molar-refractivity contribution is -0.135. The molecule has 1 amide bonds. The predicted octanol–water partition coefficient (Wildman–Crippen LogP) is 3.11. The number of furan rings is 1. The average Bonchev–Trinajstić information content (AvgIpc) is 3.52. The molecule has 142 valence electrons. The second-order valence-electron chi connectivity index (χ2n) is 9.09. The third-order valence-corrected chi connectivity index (χ3v) is 8.72. The monoisotopic (exact) mass is 377 g/mol. The van der Waals surface area contributed by atoms with Crippen molar-refractivity contribution in [3.63, 3.8) is 0 Å². The number of rotatable bonds is 5. The summed E-state index contributed by atoms with van der Waals surface area (Å²) in [6, 6.07) is 4.45. The van der Waals surface area contributed by atoms with Crippen molar-refractivity contribution < 1.29 is 17.6 Å². The van der Waals surface area contributed by atoms with E-state index < -0.39 is 9.84 Å². The molecule has 0 aromatic carbocycles. The quantitative estimate of drug-likeness (QED) is 0.791. The first-order valence-electron chi connectivity index (χ1n) is 9.96. The third kappa shape index (κ3) is 3.00. The molecule has 0 radical (unpaired) electrons. The Morgan fingerprint density at radius 3 is 2.58 bits per heavy atom. The SMILES string of the molecule is C[C@@H]1C[C@@H]1c1ccc(CN(C(=O)[C@@H]2CC23CCS(=O)(=O)CC3)C2CC2)o1. The lowest BCUT2D eigenvalue weighted by Crippen LogP contribution is -2.36. The van der Waals surface area contributed by atoms with Crippen LogP contribution in [0.5, 0.6) is 0 Å². The van der Waals surface area contributed by atoms with Crippen LogP contribution in [0.3, 0.4) is 0 Å². The lowest BCUT2D eigenvalue weighted by Gasteiger charge is -2.26. The van der Waals surface area contributed by atoms with Crippen molar-refractivity contribution in [2.24, 2.45) is 17.3 Å². The van der Waals surface area contributed by atoms with Gasteiger partial charge in [0.2, 0.25) is 5.91 Å². The van der Waals surface area contributed by atoms with Crippen LogP contribution in [0.2, 0.25) is 0 Å². The van der Waals surface area contributed by atoms with Crippen molar-refractivity contribution in [1.82, 2.24) is 4.90 Å². The van der Waals surface area contributed by atoms with E-state index >= 15 is 0 Å². The lowest BCUT2D eigenvalue weighted by atomic mass is 9.95. The molecule has 0 unspecified atom stereocenters. The minimum Gasteiger partial charge on any atom is -0.464 e. The van der Waals surface area contributed by atoms with Crippen molar-refractivity contribution >= 4 is 15.7 Å². The Balaban J connectivity index is 1.26. The molecule has 5 rings (SSSR count). The molecule has 1 spiro atoms. The van der Waals surface area contributed by atoms with Gasteiger partial charge >= 0.3 is 0 Å². The maximum absolute atomic E-state index is 13.2. The minimum absolute atomic E-state index is 0.0245. The molecule has 4 aliphatic rings. The largest absolute Gasteiger partial charge is 0.464 e. The first-order valence-corrected chi connectivity index (χ1v) is 11.8. The van der Waals surface area contributed by atoms with E-state index in [1.165, 1.54) is 6.42 Å². The third-order valence-electron chi connectivity index (χ3n) is 7.06. The van der Waals surface area contributed by atoms with Crippen LogP contribution < -0.4 is 0 Å². The van der Waals surface area contributed by atoms with Crippen molar-refractivity contribution in [3.05, 3.63) is 23.7 Å². The van der Waals surface area contributed by atoms with Gasteiger partial charge in [0.05, 0.1) is 18.1 Å². The highest BCUT2D eigenvalue weighted by atomic mass is 32.2. The van der Waals surface area contributed by atoms with Crippen LogP contribution in [-0.2, 0) is 21.2 Å². The van der Waals surface area contributed by atoms with Crippen LogP contribution in [0.4, 0.5) is 0 Å². The van der Waals surface area contributed by atoms with E-state index in [0.29, 0.717) is 37.3 Å². The van der Waals surface area contributed by atoms with Gasteiger partial charge < -0.3 is 9.32 Å². The molecule has 1 aliphatic heterocycles. The van der Waals surface area contributed by atoms with Crippen LogP contribution in [0.15, 0.2) is 16.5 Å². The number of amides is 1. The molecule has 3 atom stereocenters. The molecule has 4 fully saturated rings. The van der Waals surface area contributed by atoms with Crippen LogP contribution in [0, 0.1) is 17.3 Å². The Kier molecular flexibility index (Phi) is 3.63. The van der Waals surface area contributed by atoms with Crippen LogP contribution in [-0.4, -0.2) is 36.8 Å². The van der Waals surface area contributed by atoms with Gasteiger partial charge in [-0.3, -0.25) is 4.79 Å². The van der Waals surface area contributed by atoms with Gasteiger partial charge in [-0.1, -0.05) is 6.92 Å². The van der Waals surface area contributed by atoms with Crippen molar-refractivity contribution in [1.29, 1.82) is 0 Å². The van der Waals surface area contributed by atoms with Crippen molar-refractivity contribution in [3.8, 4) is 0 Å². The summed E-state index contributed by atoms with van der Waals surface area (Å²) < 4.78 is 29.5. The Morgan fingerprint density at radius 1 is 1.27 bits per heavy atom. The Bertz CT molecular complexity index is 824. The summed E-state index contributed by atoms with van der Waals surface area (Å²) in [6.45, 7) is 2.80. The molecule has 5 nitrogen and oxygen atoms in total. The van der Waals surface area contributed by atoms with Gasteiger partial charge in [0.1, 0.15) is 21.4 Å². The molecular formula is C20H27NO4S. The van der Waals surface area contributed by atoms with Gasteiger partial charge in [-0.05, 0) is 62.0 Å². The minimum atomic E-state index is -2.88. The van der Waals surface area contributed by atoms with E-state index in [1.54, 1.807) is 0 Å². The van der Waals surface area contributed by atoms with Crippen molar-refractivity contribution in [2.75, 3.05) is 11.5 Å². The first kappa shape index (κ1) is 16.8. The molecule has 3 saturated carbocycles. The highest BCUT2D eigenvalue weighted by Gasteiger charge is 2.61. The zero-order valence-electron chi connectivity index (χ0n) is 15.3. The molecular weight excluding hydrogens is 350 g/mol. The van der Waals surface area contributed by atoms with Crippen LogP contribution >= 0.6 is 0 Å². The molecule has 0 bridgehead atoms. The second-order valence-corrected chi connectivity index (χ2v) is 11.4. The van der Waals surface area contributed by atoms with E-state index in [4.69, 9.17) is 4.42 Å². The highest BCUT2D eigenvalue weighted by molar-refractivity contribution is 7.91. The Morgan fingerprint density at radius 2 is 1.96 bits per heavy atom. The van der Waals surface area contributed by atoms with Gasteiger partial charge in [0.15, 0.2) is 0 Å². The summed E-state index contributed by atoms with van der Waals surface area (Å²) >= 11 is 0. The van der Waals surface area contributed by atoms with E-state index in [2.05, 4.69) is 13.0 Å². The normalized spacial score (nSPS) is 33.8. The smallest absolute Gasteiger partial charge is 0.226 e. The second kappa shape index (κ2) is 5.60. The molecule has 6 heteroatoms. The van der Waals surface area contributed by atoms with Gasteiger partial charge in [0.25, 0.3) is 0 Å². The number of carbonyl (C=O) groups excluding carboxylic acids is 1. The average molecular weight is 378 g/mol. The topological polar surface area (TPSA) is 67.6 Å². The summed E-state index contributed by atoms with van der Waals surface area (Å²) in [5, 5.41) is 0. The van der Waals surface area contributed by atoms with E-state index in [9.17, 15) is 13.2 Å². The zero-order chi connectivity index (χ0) is 18.1. The first-order chi connectivity index (χ1) is 12.4. The number of hydrogen-bond acceptors (Lipinski definition) is 4. The van der Waals surface area contributed by atoms with E-state index in [0.717, 1.165) is 30.8 Å². The summed E-state index contributed by atoms with van der Waals surface area (Å²) in [4.78, 5) is 15.2. The molecule has 1 aromatic heterocycles. The highest BCUT2D eigenvalue weighted by Crippen LogP contribution is 2.61. The van der Waals surface area contributed by atoms with Gasteiger partial charge in [0, 0.05) is 17.9 Å². The standard InChI is InChI=1S/C20H27NO4S/c1-13-10-16(13)18-5-4-15(25-18)12-21(14-2-3-14)19(22)17-11-20(17)6-8-26(23,24)9-7-20/h4-5,13-14,16-17H,2-3,6-12H2,1H3/t13-,16+,17+/m1/s1. The fourth-order valence-corrected chi connectivity index (χ4v) is 6.37.